The first-order valence-electron chi connectivity index (χ1n) is 6.05. The lowest BCUT2D eigenvalue weighted by Gasteiger charge is -2.25. The Morgan fingerprint density at radius 1 is 1.42 bits per heavy atom. The van der Waals surface area contributed by atoms with Gasteiger partial charge in [0.15, 0.2) is 16.5 Å². The molecule has 9 nitrogen and oxygen atoms in total. The summed E-state index contributed by atoms with van der Waals surface area (Å²) in [4.78, 5) is 25.7. The highest BCUT2D eigenvalue weighted by Gasteiger charge is 2.41. The Bertz CT molecular complexity index is 343. The fourth-order valence-corrected chi connectivity index (χ4v) is 1.74. The maximum Gasteiger partial charge on any atom is 0.335 e. The van der Waals surface area contributed by atoms with Gasteiger partial charge in [-0.2, -0.15) is 0 Å². The van der Waals surface area contributed by atoms with E-state index in [1.54, 1.807) is 0 Å². The first kappa shape index (κ1) is 16.9. The molecule has 0 radical (unpaired) electrons. The van der Waals surface area contributed by atoms with Crippen molar-refractivity contribution in [1.29, 1.82) is 0 Å². The fourth-order valence-electron chi connectivity index (χ4n) is 1.74. The highest BCUT2D eigenvalue weighted by molar-refractivity contribution is 5.78. The Kier molecular flexibility index (Phi) is 7.23. The van der Waals surface area contributed by atoms with Gasteiger partial charge in [0.2, 0.25) is 0 Å². The number of nitrogens with one attached hydrogen (secondary N) is 1. The average molecular weight is 275 g/mol. The third-order valence-corrected chi connectivity index (χ3v) is 2.73. The molecule has 0 rings (SSSR count). The minimum absolute atomic E-state index is 0.0834. The number of aliphatic imine (C=N–C) groups is 1. The number of nitrogens with zero attached hydrogens (tertiary/aromatic N) is 2. The number of rotatable bonds is 10. The van der Waals surface area contributed by atoms with Crippen LogP contribution in [0.25, 0.3) is 0 Å². The molecule has 0 fully saturated rings. The highest BCUT2D eigenvalue weighted by Crippen LogP contribution is 2.21. The van der Waals surface area contributed by atoms with Crippen LogP contribution in [0.15, 0.2) is 4.99 Å². The Balaban J connectivity index is 4.74. The van der Waals surface area contributed by atoms with E-state index in [-0.39, 0.29) is 25.3 Å². The predicted molar refractivity (Wildman–Crippen MR) is 69.9 cm³/mol. The van der Waals surface area contributed by atoms with Gasteiger partial charge in [-0.05, 0) is 19.3 Å². The summed E-state index contributed by atoms with van der Waals surface area (Å²) in [6.07, 6.45) is 1.94. The number of carboxylic acid groups (broad SMARTS) is 1. The summed E-state index contributed by atoms with van der Waals surface area (Å²) in [5.74, 6) is -1.32. The topological polar surface area (TPSA) is 157 Å². The number of nitrogens with two attached hydrogens (primary N) is 2. The number of carbonyl (C=O) groups is 1. The van der Waals surface area contributed by atoms with Crippen molar-refractivity contribution in [2.24, 2.45) is 16.5 Å². The van der Waals surface area contributed by atoms with Gasteiger partial charge in [0.25, 0.3) is 0 Å². The number of nitro groups is 1. The van der Waals surface area contributed by atoms with Crippen LogP contribution in [0.1, 0.15) is 39.0 Å². The van der Waals surface area contributed by atoms with Crippen molar-refractivity contribution in [3.8, 4) is 0 Å². The summed E-state index contributed by atoms with van der Waals surface area (Å²) in [5, 5.41) is 19.0. The van der Waals surface area contributed by atoms with Gasteiger partial charge in [0, 0.05) is 6.54 Å². The van der Waals surface area contributed by atoms with Crippen LogP contribution in [0, 0.1) is 10.1 Å². The molecule has 0 aliphatic carbocycles. The molecule has 0 aliphatic rings. The second kappa shape index (κ2) is 8.11. The minimum atomic E-state index is -1.57. The lowest BCUT2D eigenvalue weighted by atomic mass is 9.88. The minimum Gasteiger partial charge on any atom is -0.479 e. The number of carboxylic acids is 1. The van der Waals surface area contributed by atoms with Gasteiger partial charge < -0.3 is 16.6 Å². The Morgan fingerprint density at radius 3 is 2.42 bits per heavy atom. The third-order valence-electron chi connectivity index (χ3n) is 2.73. The molecule has 0 aromatic heterocycles. The SMILES string of the molecule is CCCC[C@@](CCCN=C(N)N)(N[N+](=O)[O-])C(=O)O. The zero-order valence-electron chi connectivity index (χ0n) is 11.0. The van der Waals surface area contributed by atoms with Gasteiger partial charge in [-0.15, -0.1) is 5.43 Å². The van der Waals surface area contributed by atoms with Gasteiger partial charge in [-0.3, -0.25) is 4.99 Å². The molecule has 0 aromatic rings. The van der Waals surface area contributed by atoms with Gasteiger partial charge in [-0.1, -0.05) is 19.8 Å². The van der Waals surface area contributed by atoms with E-state index in [2.05, 4.69) is 4.99 Å². The van der Waals surface area contributed by atoms with Crippen LogP contribution in [0.4, 0.5) is 0 Å². The largest absolute Gasteiger partial charge is 0.479 e. The van der Waals surface area contributed by atoms with Gasteiger partial charge >= 0.3 is 5.97 Å². The van der Waals surface area contributed by atoms with E-state index in [1.807, 2.05) is 12.3 Å². The number of aliphatic carboxylic acids is 1. The molecular weight excluding hydrogens is 254 g/mol. The van der Waals surface area contributed by atoms with E-state index in [0.717, 1.165) is 6.42 Å². The first-order valence-corrected chi connectivity index (χ1v) is 6.05. The van der Waals surface area contributed by atoms with E-state index in [1.165, 1.54) is 0 Å². The van der Waals surface area contributed by atoms with Crippen LogP contribution in [-0.2, 0) is 4.79 Å². The molecule has 0 amide bonds. The van der Waals surface area contributed by atoms with E-state index in [9.17, 15) is 20.0 Å². The molecule has 0 spiro atoms. The van der Waals surface area contributed by atoms with E-state index in [4.69, 9.17) is 11.5 Å². The molecule has 0 saturated heterocycles. The molecule has 6 N–H and O–H groups in total. The summed E-state index contributed by atoms with van der Waals surface area (Å²) in [7, 11) is 0. The van der Waals surface area contributed by atoms with Crippen LogP contribution in [-0.4, -0.2) is 34.2 Å². The van der Waals surface area contributed by atoms with Crippen LogP contribution in [0.5, 0.6) is 0 Å². The maximum atomic E-state index is 11.3. The predicted octanol–water partition coefficient (Wildman–Crippen LogP) is -0.165. The number of hydrazine groups is 1. The normalized spacial score (nSPS) is 13.3. The van der Waals surface area contributed by atoms with Crippen molar-refractivity contribution >= 4 is 11.9 Å². The second-order valence-electron chi connectivity index (χ2n) is 4.27. The molecule has 0 bridgehead atoms. The van der Waals surface area contributed by atoms with Crippen LogP contribution < -0.4 is 16.9 Å². The first-order chi connectivity index (χ1) is 8.84. The highest BCUT2D eigenvalue weighted by atomic mass is 16.7. The molecule has 0 saturated carbocycles. The van der Waals surface area contributed by atoms with Crippen molar-refractivity contribution in [3.05, 3.63) is 10.1 Å². The Morgan fingerprint density at radius 2 is 2.00 bits per heavy atom. The standard InChI is InChI=1S/C10H21N5O4/c1-2-3-5-10(8(16)17,14-15(18)19)6-4-7-13-9(11)12/h14H,2-7H2,1H3,(H,16,17)(H4,11,12,13)/t10-/m0/s1. The fraction of sp³-hybridized carbons (Fsp3) is 0.800. The third kappa shape index (κ3) is 6.43. The number of hydrogen-bond acceptors (Lipinski definition) is 4. The number of hydrogen-bond donors (Lipinski definition) is 4. The monoisotopic (exact) mass is 275 g/mol. The molecule has 0 unspecified atom stereocenters. The Labute approximate surface area is 111 Å². The van der Waals surface area contributed by atoms with E-state index in [0.29, 0.717) is 12.8 Å². The molecule has 19 heavy (non-hydrogen) atoms. The summed E-state index contributed by atoms with van der Waals surface area (Å²) < 4.78 is 0. The van der Waals surface area contributed by atoms with Gasteiger partial charge in [0.1, 0.15) is 0 Å². The second-order valence-corrected chi connectivity index (χ2v) is 4.27. The summed E-state index contributed by atoms with van der Waals surface area (Å²) >= 11 is 0. The van der Waals surface area contributed by atoms with Gasteiger partial charge in [0.05, 0.1) is 0 Å². The van der Waals surface area contributed by atoms with Crippen molar-refractivity contribution < 1.29 is 14.9 Å². The number of guanidine groups is 1. The van der Waals surface area contributed by atoms with Gasteiger partial charge in [-0.25, -0.2) is 14.9 Å². The van der Waals surface area contributed by atoms with Crippen LogP contribution in [0.2, 0.25) is 0 Å². The molecule has 9 heteroatoms. The van der Waals surface area contributed by atoms with E-state index >= 15 is 0 Å². The molecule has 0 heterocycles. The average Bonchev–Trinajstić information content (AvgIpc) is 2.30. The zero-order valence-corrected chi connectivity index (χ0v) is 11.0. The maximum absolute atomic E-state index is 11.3. The summed E-state index contributed by atoms with van der Waals surface area (Å²) in [6, 6.07) is 0. The zero-order chi connectivity index (χ0) is 14.9. The molecule has 1 atom stereocenters. The lowest BCUT2D eigenvalue weighted by molar-refractivity contribution is -0.557. The Hall–Kier alpha value is -2.06. The van der Waals surface area contributed by atoms with Crippen molar-refractivity contribution in [1.82, 2.24) is 5.43 Å². The molecule has 110 valence electrons. The van der Waals surface area contributed by atoms with Crippen LogP contribution >= 0.6 is 0 Å². The smallest absolute Gasteiger partial charge is 0.335 e. The molecule has 0 aromatic carbocycles. The summed E-state index contributed by atoms with van der Waals surface area (Å²) in [5.41, 5.74) is 10.7. The lowest BCUT2D eigenvalue weighted by Crippen LogP contribution is -2.54. The quantitative estimate of drug-likeness (QED) is 0.142. The van der Waals surface area contributed by atoms with Crippen molar-refractivity contribution in [2.45, 2.75) is 44.6 Å². The van der Waals surface area contributed by atoms with E-state index < -0.39 is 16.5 Å². The van der Waals surface area contributed by atoms with Crippen LogP contribution in [0.3, 0.4) is 0 Å². The molecule has 0 aliphatic heterocycles. The summed E-state index contributed by atoms with van der Waals surface area (Å²) in [6.45, 7) is 2.13. The number of unbranched alkanes of at least 4 members (excludes halogenated alkanes) is 1. The molecular formula is C10H21N5O4. The van der Waals surface area contributed by atoms with Crippen molar-refractivity contribution in [2.75, 3.05) is 6.54 Å². The van der Waals surface area contributed by atoms with Crippen molar-refractivity contribution in [3.63, 3.8) is 0 Å².